The predicted octanol–water partition coefficient (Wildman–Crippen LogP) is 2.24. The summed E-state index contributed by atoms with van der Waals surface area (Å²) in [5.74, 6) is 0.482. The van der Waals surface area contributed by atoms with E-state index in [1.54, 1.807) is 19.1 Å². The minimum atomic E-state index is -0.701. The molecule has 0 amide bonds. The number of allylic oxidation sites excluding steroid dienone is 1. The fourth-order valence-corrected chi connectivity index (χ4v) is 1.10. The molecule has 0 aliphatic carbocycles. The Morgan fingerprint density at radius 2 is 2.43 bits per heavy atom. The van der Waals surface area contributed by atoms with Crippen LogP contribution >= 0.6 is 0 Å². The first-order chi connectivity index (χ1) is 6.61. The molecule has 1 heterocycles. The predicted molar refractivity (Wildman–Crippen MR) is 52.7 cm³/mol. The molecule has 1 aromatic rings. The van der Waals surface area contributed by atoms with E-state index in [9.17, 15) is 9.90 Å². The Morgan fingerprint density at radius 1 is 1.71 bits per heavy atom. The van der Waals surface area contributed by atoms with Crippen molar-refractivity contribution < 1.29 is 14.3 Å². The van der Waals surface area contributed by atoms with Crippen LogP contribution in [0.4, 0.5) is 0 Å². The van der Waals surface area contributed by atoms with Gasteiger partial charge in [-0.25, -0.2) is 0 Å². The van der Waals surface area contributed by atoms with Gasteiger partial charge in [0.15, 0.2) is 5.78 Å². The monoisotopic (exact) mass is 194 g/mol. The number of carbonyl (C=O) groups is 1. The smallest absolute Gasteiger partial charge is 0.158 e. The summed E-state index contributed by atoms with van der Waals surface area (Å²) in [7, 11) is 0. The molecule has 1 rings (SSSR count). The second kappa shape index (κ2) is 4.77. The van der Waals surface area contributed by atoms with Crippen molar-refractivity contribution in [2.24, 2.45) is 0 Å². The van der Waals surface area contributed by atoms with Gasteiger partial charge in [0.1, 0.15) is 11.9 Å². The van der Waals surface area contributed by atoms with Gasteiger partial charge in [0.2, 0.25) is 0 Å². The molecule has 0 fully saturated rings. The van der Waals surface area contributed by atoms with Crippen molar-refractivity contribution in [3.05, 3.63) is 36.3 Å². The number of carbonyl (C=O) groups excluding carboxylic acids is 1. The lowest BCUT2D eigenvalue weighted by Crippen LogP contribution is -2.03. The van der Waals surface area contributed by atoms with Gasteiger partial charge < -0.3 is 9.52 Å². The van der Waals surface area contributed by atoms with Crippen LogP contribution in [0.25, 0.3) is 0 Å². The lowest BCUT2D eigenvalue weighted by molar-refractivity contribution is -0.116. The van der Waals surface area contributed by atoms with E-state index in [0.717, 1.165) is 0 Å². The van der Waals surface area contributed by atoms with Crippen molar-refractivity contribution in [2.45, 2.75) is 25.9 Å². The maximum Gasteiger partial charge on any atom is 0.158 e. The quantitative estimate of drug-likeness (QED) is 0.731. The van der Waals surface area contributed by atoms with Gasteiger partial charge >= 0.3 is 0 Å². The van der Waals surface area contributed by atoms with Gasteiger partial charge in [0, 0.05) is 6.42 Å². The largest absolute Gasteiger partial charge is 0.467 e. The number of rotatable bonds is 5. The van der Waals surface area contributed by atoms with Crippen molar-refractivity contribution in [1.29, 1.82) is 0 Å². The Morgan fingerprint density at radius 3 is 2.93 bits per heavy atom. The second-order valence-corrected chi connectivity index (χ2v) is 3.27. The number of aliphatic hydroxyl groups is 1. The average molecular weight is 194 g/mol. The highest BCUT2D eigenvalue weighted by Gasteiger charge is 2.12. The van der Waals surface area contributed by atoms with Crippen LogP contribution < -0.4 is 0 Å². The van der Waals surface area contributed by atoms with E-state index in [4.69, 9.17) is 4.42 Å². The molecule has 76 valence electrons. The normalized spacial score (nSPS) is 12.4. The maximum atomic E-state index is 11.2. The standard InChI is InChI=1S/C11H14O3/c1-8(2)9(12)5-6-10(13)11-4-3-7-14-11/h3-4,7,10,13H,1,5-6H2,2H3/t10-/m0/s1. The van der Waals surface area contributed by atoms with Gasteiger partial charge in [-0.2, -0.15) is 0 Å². The summed E-state index contributed by atoms with van der Waals surface area (Å²) in [5.41, 5.74) is 0.525. The zero-order chi connectivity index (χ0) is 10.6. The van der Waals surface area contributed by atoms with Crippen LogP contribution in [0.5, 0.6) is 0 Å². The van der Waals surface area contributed by atoms with Gasteiger partial charge in [-0.1, -0.05) is 6.58 Å². The molecule has 3 heteroatoms. The highest BCUT2D eigenvalue weighted by molar-refractivity contribution is 5.94. The molecular formula is C11H14O3. The average Bonchev–Trinajstić information content (AvgIpc) is 2.66. The van der Waals surface area contributed by atoms with E-state index in [2.05, 4.69) is 6.58 Å². The van der Waals surface area contributed by atoms with E-state index in [0.29, 0.717) is 24.2 Å². The molecule has 0 aromatic carbocycles. The first-order valence-corrected chi connectivity index (χ1v) is 4.51. The molecule has 0 saturated carbocycles. The Balaban J connectivity index is 2.39. The van der Waals surface area contributed by atoms with Crippen molar-refractivity contribution in [3.63, 3.8) is 0 Å². The van der Waals surface area contributed by atoms with Crippen molar-refractivity contribution in [1.82, 2.24) is 0 Å². The second-order valence-electron chi connectivity index (χ2n) is 3.27. The van der Waals surface area contributed by atoms with Crippen LogP contribution in [-0.2, 0) is 4.79 Å². The number of hydrogen-bond donors (Lipinski definition) is 1. The fourth-order valence-electron chi connectivity index (χ4n) is 1.10. The van der Waals surface area contributed by atoms with Gasteiger partial charge in [-0.05, 0) is 31.1 Å². The number of furan rings is 1. The van der Waals surface area contributed by atoms with E-state index in [1.165, 1.54) is 6.26 Å². The van der Waals surface area contributed by atoms with Gasteiger partial charge in [-0.3, -0.25) is 4.79 Å². The van der Waals surface area contributed by atoms with Crippen LogP contribution in [0.2, 0.25) is 0 Å². The van der Waals surface area contributed by atoms with E-state index in [1.807, 2.05) is 0 Å². The Bertz CT molecular complexity index is 311. The lowest BCUT2D eigenvalue weighted by Gasteiger charge is -2.06. The van der Waals surface area contributed by atoms with Gasteiger partial charge in [0.05, 0.1) is 6.26 Å². The molecule has 14 heavy (non-hydrogen) atoms. The number of ketones is 1. The molecule has 3 nitrogen and oxygen atoms in total. The summed E-state index contributed by atoms with van der Waals surface area (Å²) < 4.78 is 5.00. The summed E-state index contributed by atoms with van der Waals surface area (Å²) in [5, 5.41) is 9.56. The summed E-state index contributed by atoms with van der Waals surface area (Å²) >= 11 is 0. The van der Waals surface area contributed by atoms with Crippen LogP contribution in [-0.4, -0.2) is 10.9 Å². The summed E-state index contributed by atoms with van der Waals surface area (Å²) in [4.78, 5) is 11.2. The third kappa shape index (κ3) is 2.85. The summed E-state index contributed by atoms with van der Waals surface area (Å²) in [6.45, 7) is 5.21. The van der Waals surface area contributed by atoms with E-state index >= 15 is 0 Å². The number of hydrogen-bond acceptors (Lipinski definition) is 3. The topological polar surface area (TPSA) is 50.4 Å². The Hall–Kier alpha value is -1.35. The highest BCUT2D eigenvalue weighted by Crippen LogP contribution is 2.19. The SMILES string of the molecule is C=C(C)C(=O)CC[C@H](O)c1ccco1. The molecule has 0 unspecified atom stereocenters. The molecule has 0 aliphatic rings. The minimum absolute atomic E-state index is 0.0180. The highest BCUT2D eigenvalue weighted by atomic mass is 16.4. The maximum absolute atomic E-state index is 11.2. The van der Waals surface area contributed by atoms with E-state index in [-0.39, 0.29) is 5.78 Å². The third-order valence-corrected chi connectivity index (χ3v) is 1.99. The van der Waals surface area contributed by atoms with Crippen LogP contribution in [0.3, 0.4) is 0 Å². The Kier molecular flexibility index (Phi) is 3.65. The molecule has 0 spiro atoms. The third-order valence-electron chi connectivity index (χ3n) is 1.99. The molecule has 1 N–H and O–H groups in total. The number of Topliss-reactive ketones (excluding diaryl/α,β-unsaturated/α-hetero) is 1. The first-order valence-electron chi connectivity index (χ1n) is 4.51. The van der Waals surface area contributed by atoms with Gasteiger partial charge in [0.25, 0.3) is 0 Å². The Labute approximate surface area is 83.0 Å². The fraction of sp³-hybridized carbons (Fsp3) is 0.364. The molecule has 0 saturated heterocycles. The minimum Gasteiger partial charge on any atom is -0.467 e. The van der Waals surface area contributed by atoms with Crippen LogP contribution in [0, 0.1) is 0 Å². The summed E-state index contributed by atoms with van der Waals surface area (Å²) in [6, 6.07) is 3.40. The molecular weight excluding hydrogens is 180 g/mol. The van der Waals surface area contributed by atoms with E-state index < -0.39 is 6.10 Å². The molecule has 1 atom stereocenters. The van der Waals surface area contributed by atoms with Crippen molar-refractivity contribution in [2.75, 3.05) is 0 Å². The van der Waals surface area contributed by atoms with Crippen LogP contribution in [0.15, 0.2) is 35.0 Å². The molecule has 0 aliphatic heterocycles. The first kappa shape index (κ1) is 10.7. The number of aliphatic hydroxyl groups excluding tert-OH is 1. The molecule has 1 aromatic heterocycles. The molecule has 0 bridgehead atoms. The zero-order valence-electron chi connectivity index (χ0n) is 8.19. The van der Waals surface area contributed by atoms with Gasteiger partial charge in [-0.15, -0.1) is 0 Å². The lowest BCUT2D eigenvalue weighted by atomic mass is 10.1. The molecule has 0 radical (unpaired) electrons. The zero-order valence-corrected chi connectivity index (χ0v) is 8.19. The van der Waals surface area contributed by atoms with Crippen molar-refractivity contribution >= 4 is 5.78 Å². The summed E-state index contributed by atoms with van der Waals surface area (Å²) in [6.07, 6.45) is 1.48. The van der Waals surface area contributed by atoms with Crippen molar-refractivity contribution in [3.8, 4) is 0 Å². The van der Waals surface area contributed by atoms with Crippen LogP contribution in [0.1, 0.15) is 31.6 Å².